The van der Waals surface area contributed by atoms with Crippen LogP contribution in [0.2, 0.25) is 0 Å². The van der Waals surface area contributed by atoms with E-state index in [2.05, 4.69) is 60.6 Å². The number of hydrogen-bond donors (Lipinski definition) is 1. The first kappa shape index (κ1) is 17.0. The van der Waals surface area contributed by atoms with Crippen molar-refractivity contribution < 1.29 is 9.32 Å². The van der Waals surface area contributed by atoms with Gasteiger partial charge in [-0.1, -0.05) is 33.2 Å². The topological polar surface area (TPSA) is 74.5 Å². The van der Waals surface area contributed by atoms with Crippen molar-refractivity contribution in [1.29, 1.82) is 0 Å². The summed E-state index contributed by atoms with van der Waals surface area (Å²) >= 11 is 3.45. The van der Waals surface area contributed by atoms with Gasteiger partial charge in [-0.25, -0.2) is 9.78 Å². The largest absolute Gasteiger partial charge is 0.334 e. The van der Waals surface area contributed by atoms with Crippen LogP contribution in [0.4, 0.5) is 10.6 Å². The van der Waals surface area contributed by atoms with Crippen LogP contribution in [-0.2, 0) is 6.54 Å². The van der Waals surface area contributed by atoms with Crippen molar-refractivity contribution in [3.8, 4) is 0 Å². The molecule has 4 rings (SSSR count). The Hall–Kier alpha value is -2.45. The maximum absolute atomic E-state index is 12.5. The predicted octanol–water partition coefficient (Wildman–Crippen LogP) is 3.34. The molecule has 7 nitrogen and oxygen atoms in total. The van der Waals surface area contributed by atoms with Crippen molar-refractivity contribution in [3.63, 3.8) is 0 Å². The summed E-state index contributed by atoms with van der Waals surface area (Å²) in [6.07, 6.45) is 1.63. The monoisotopic (exact) mass is 415 g/mol. The molecule has 0 aliphatic carbocycles. The number of anilines is 1. The Bertz CT molecular complexity index is 903. The molecule has 1 saturated heterocycles. The number of piperazine rings is 1. The summed E-state index contributed by atoms with van der Waals surface area (Å²) in [5, 5.41) is 7.42. The molecule has 0 saturated carbocycles. The van der Waals surface area contributed by atoms with Crippen molar-refractivity contribution in [2.24, 2.45) is 0 Å². The molecule has 3 heterocycles. The van der Waals surface area contributed by atoms with Crippen molar-refractivity contribution >= 4 is 38.9 Å². The minimum absolute atomic E-state index is 0.160. The van der Waals surface area contributed by atoms with Gasteiger partial charge in [0, 0.05) is 43.4 Å². The minimum atomic E-state index is -0.160. The Labute approximate surface area is 159 Å². The zero-order chi connectivity index (χ0) is 17.9. The van der Waals surface area contributed by atoms with Crippen LogP contribution in [-0.4, -0.2) is 52.2 Å². The Balaban J connectivity index is 1.32. The van der Waals surface area contributed by atoms with E-state index in [4.69, 9.17) is 4.52 Å². The second kappa shape index (κ2) is 7.43. The lowest BCUT2D eigenvalue weighted by molar-refractivity contribution is 0.143. The number of hydrogen-bond acceptors (Lipinski definition) is 5. The summed E-state index contributed by atoms with van der Waals surface area (Å²) in [5.41, 5.74) is 1.69. The maximum atomic E-state index is 12.5. The number of rotatable bonds is 3. The summed E-state index contributed by atoms with van der Waals surface area (Å²) in [6.45, 7) is 3.92. The standard InChI is InChI=1S/C18H18BrN5O2/c19-14-5-3-13(4-6-14)12-23-8-10-24(11-9-23)18(25)21-16-15-2-1-7-20-17(15)26-22-16/h1-7H,8-12H2,(H,21,22,25). The van der Waals surface area contributed by atoms with Crippen LogP contribution < -0.4 is 5.32 Å². The Morgan fingerprint density at radius 2 is 1.92 bits per heavy atom. The lowest BCUT2D eigenvalue weighted by Gasteiger charge is -2.34. The van der Waals surface area contributed by atoms with Crippen LogP contribution in [0.25, 0.3) is 11.1 Å². The molecule has 1 aromatic carbocycles. The van der Waals surface area contributed by atoms with Crippen molar-refractivity contribution in [3.05, 3.63) is 52.6 Å². The molecule has 1 aliphatic heterocycles. The molecule has 134 valence electrons. The zero-order valence-electron chi connectivity index (χ0n) is 14.1. The number of pyridine rings is 1. The highest BCUT2D eigenvalue weighted by atomic mass is 79.9. The summed E-state index contributed by atoms with van der Waals surface area (Å²) in [4.78, 5) is 20.7. The van der Waals surface area contributed by atoms with E-state index >= 15 is 0 Å². The number of aromatic nitrogens is 2. The molecule has 0 bridgehead atoms. The zero-order valence-corrected chi connectivity index (χ0v) is 15.6. The van der Waals surface area contributed by atoms with Crippen LogP contribution in [0.5, 0.6) is 0 Å². The third-order valence-corrected chi connectivity index (χ3v) is 4.98. The molecule has 1 N–H and O–H groups in total. The van der Waals surface area contributed by atoms with Gasteiger partial charge in [0.1, 0.15) is 0 Å². The fraction of sp³-hybridized carbons (Fsp3) is 0.278. The van der Waals surface area contributed by atoms with Gasteiger partial charge in [0.05, 0.1) is 5.39 Å². The predicted molar refractivity (Wildman–Crippen MR) is 102 cm³/mol. The first-order valence-electron chi connectivity index (χ1n) is 8.42. The number of halogens is 1. The highest BCUT2D eigenvalue weighted by molar-refractivity contribution is 9.10. The van der Waals surface area contributed by atoms with E-state index in [-0.39, 0.29) is 6.03 Å². The van der Waals surface area contributed by atoms with Gasteiger partial charge in [0.15, 0.2) is 5.82 Å². The number of nitrogens with zero attached hydrogens (tertiary/aromatic N) is 4. The van der Waals surface area contributed by atoms with Crippen LogP contribution in [0.15, 0.2) is 51.6 Å². The third-order valence-electron chi connectivity index (χ3n) is 4.45. The Kier molecular flexibility index (Phi) is 4.85. The number of benzene rings is 1. The lowest BCUT2D eigenvalue weighted by Crippen LogP contribution is -2.49. The number of amides is 2. The van der Waals surface area contributed by atoms with E-state index in [0.29, 0.717) is 30.0 Å². The molecule has 26 heavy (non-hydrogen) atoms. The Morgan fingerprint density at radius 1 is 1.15 bits per heavy atom. The van der Waals surface area contributed by atoms with E-state index in [9.17, 15) is 4.79 Å². The molecule has 0 spiro atoms. The fourth-order valence-corrected chi connectivity index (χ4v) is 3.27. The van der Waals surface area contributed by atoms with Gasteiger partial charge in [0.25, 0.3) is 5.71 Å². The molecular weight excluding hydrogens is 398 g/mol. The summed E-state index contributed by atoms with van der Waals surface area (Å²) < 4.78 is 6.20. The average molecular weight is 416 g/mol. The molecule has 0 unspecified atom stereocenters. The van der Waals surface area contributed by atoms with Crippen molar-refractivity contribution in [1.82, 2.24) is 19.9 Å². The van der Waals surface area contributed by atoms with Gasteiger partial charge >= 0.3 is 6.03 Å². The highest BCUT2D eigenvalue weighted by Gasteiger charge is 2.22. The quantitative estimate of drug-likeness (QED) is 0.709. The first-order chi connectivity index (χ1) is 12.7. The maximum Gasteiger partial charge on any atom is 0.323 e. The van der Waals surface area contributed by atoms with Crippen LogP contribution >= 0.6 is 15.9 Å². The van der Waals surface area contributed by atoms with E-state index in [1.807, 2.05) is 6.07 Å². The summed E-state index contributed by atoms with van der Waals surface area (Å²) in [6, 6.07) is 11.8. The van der Waals surface area contributed by atoms with Crippen molar-refractivity contribution in [2.75, 3.05) is 31.5 Å². The van der Waals surface area contributed by atoms with Gasteiger partial charge in [-0.2, -0.15) is 0 Å². The lowest BCUT2D eigenvalue weighted by atomic mass is 10.2. The molecule has 2 aromatic heterocycles. The van der Waals surface area contributed by atoms with E-state index in [1.54, 1.807) is 17.2 Å². The summed E-state index contributed by atoms with van der Waals surface area (Å²) in [7, 11) is 0. The number of carbonyl (C=O) groups is 1. The first-order valence-corrected chi connectivity index (χ1v) is 9.21. The molecule has 0 radical (unpaired) electrons. The molecule has 1 fully saturated rings. The molecule has 0 atom stereocenters. The molecular formula is C18H18BrN5O2. The Morgan fingerprint density at radius 3 is 2.69 bits per heavy atom. The van der Waals surface area contributed by atoms with Crippen LogP contribution in [0.3, 0.4) is 0 Å². The smallest absolute Gasteiger partial charge is 0.323 e. The van der Waals surface area contributed by atoms with Crippen molar-refractivity contribution in [2.45, 2.75) is 6.54 Å². The SMILES string of the molecule is O=C(Nc1noc2ncccc12)N1CCN(Cc2ccc(Br)cc2)CC1. The van der Waals surface area contributed by atoms with Gasteiger partial charge in [-0.15, -0.1) is 0 Å². The fourth-order valence-electron chi connectivity index (χ4n) is 3.01. The van der Waals surface area contributed by atoms with Crippen LogP contribution in [0, 0.1) is 0 Å². The molecule has 1 aliphatic rings. The second-order valence-corrected chi connectivity index (χ2v) is 7.12. The van der Waals surface area contributed by atoms with Crippen LogP contribution in [0.1, 0.15) is 5.56 Å². The number of carbonyl (C=O) groups excluding carboxylic acids is 1. The third kappa shape index (κ3) is 3.71. The number of urea groups is 1. The van der Waals surface area contributed by atoms with E-state index in [1.165, 1.54) is 5.56 Å². The summed E-state index contributed by atoms with van der Waals surface area (Å²) in [5.74, 6) is 0.412. The van der Waals surface area contributed by atoms with E-state index in [0.717, 1.165) is 24.1 Å². The number of fused-ring (bicyclic) bond motifs is 1. The second-order valence-electron chi connectivity index (χ2n) is 6.21. The number of nitrogens with one attached hydrogen (secondary N) is 1. The van der Waals surface area contributed by atoms with Gasteiger partial charge in [-0.3, -0.25) is 10.2 Å². The normalized spacial score (nSPS) is 15.3. The van der Waals surface area contributed by atoms with Gasteiger partial charge in [0.2, 0.25) is 0 Å². The minimum Gasteiger partial charge on any atom is -0.334 e. The highest BCUT2D eigenvalue weighted by Crippen LogP contribution is 2.21. The molecule has 2 amide bonds. The average Bonchev–Trinajstić information content (AvgIpc) is 3.07. The van der Waals surface area contributed by atoms with Gasteiger partial charge in [-0.05, 0) is 29.8 Å². The van der Waals surface area contributed by atoms with Gasteiger partial charge < -0.3 is 9.42 Å². The molecule has 3 aromatic rings. The molecule has 8 heteroatoms. The van der Waals surface area contributed by atoms with E-state index < -0.39 is 0 Å².